The fourth-order valence-electron chi connectivity index (χ4n) is 2.85. The van der Waals surface area contributed by atoms with Crippen LogP contribution in [0.5, 0.6) is 0 Å². The van der Waals surface area contributed by atoms with Gasteiger partial charge in [0.25, 0.3) is 0 Å². The van der Waals surface area contributed by atoms with E-state index in [1.807, 2.05) is 6.92 Å². The Balaban J connectivity index is 3.27. The van der Waals surface area contributed by atoms with Gasteiger partial charge in [-0.05, 0) is 27.7 Å². The molecule has 0 aromatic carbocycles. The van der Waals surface area contributed by atoms with Gasteiger partial charge in [0.15, 0.2) is 0 Å². The summed E-state index contributed by atoms with van der Waals surface area (Å²) in [4.78, 5) is 0. The number of aliphatic hydroxyl groups excluding tert-OH is 1. The number of ether oxygens (including phenoxy) is 4. The van der Waals surface area contributed by atoms with E-state index >= 15 is 0 Å². The molecule has 0 aliphatic carbocycles. The van der Waals surface area contributed by atoms with Crippen LogP contribution < -0.4 is 0 Å². The average molecular weight is 292 g/mol. The van der Waals surface area contributed by atoms with Crippen molar-refractivity contribution < 1.29 is 29.2 Å². The van der Waals surface area contributed by atoms with E-state index in [4.69, 9.17) is 24.1 Å². The number of hydrogen-bond acceptors (Lipinski definition) is 6. The third kappa shape index (κ3) is 2.38. The third-order valence-corrected chi connectivity index (χ3v) is 4.99. The molecule has 1 aliphatic rings. The van der Waals surface area contributed by atoms with Crippen LogP contribution in [-0.4, -0.2) is 73.3 Å². The molecule has 0 saturated carbocycles. The van der Waals surface area contributed by atoms with Crippen LogP contribution in [0.2, 0.25) is 0 Å². The Bertz CT molecular complexity index is 334. The SMILES string of the molecule is COC[C@@]1(C)OC[C@@](C)(OC)[C@@](C)(O)C1(C)OCCO. The first-order valence-corrected chi connectivity index (χ1v) is 6.79. The number of aliphatic hydroxyl groups is 2. The fraction of sp³-hybridized carbons (Fsp3) is 1.00. The van der Waals surface area contributed by atoms with Crippen LogP contribution in [0.15, 0.2) is 0 Å². The van der Waals surface area contributed by atoms with Crippen LogP contribution in [0.25, 0.3) is 0 Å². The molecule has 1 heterocycles. The largest absolute Gasteiger partial charge is 0.394 e. The second-order valence-electron chi connectivity index (χ2n) is 6.07. The maximum atomic E-state index is 11.1. The molecule has 1 rings (SSSR count). The van der Waals surface area contributed by atoms with E-state index in [0.717, 1.165) is 0 Å². The number of methoxy groups -OCH3 is 2. The summed E-state index contributed by atoms with van der Waals surface area (Å²) in [7, 11) is 3.10. The lowest BCUT2D eigenvalue weighted by Gasteiger charge is -2.62. The molecule has 1 saturated heterocycles. The van der Waals surface area contributed by atoms with E-state index in [2.05, 4.69) is 0 Å². The molecule has 2 N–H and O–H groups in total. The molecule has 1 aliphatic heterocycles. The fourth-order valence-corrected chi connectivity index (χ4v) is 2.85. The Labute approximate surface area is 121 Å². The monoisotopic (exact) mass is 292 g/mol. The molecule has 6 nitrogen and oxygen atoms in total. The molecule has 1 fully saturated rings. The highest BCUT2D eigenvalue weighted by Gasteiger charge is 2.68. The van der Waals surface area contributed by atoms with Crippen molar-refractivity contribution in [3.05, 3.63) is 0 Å². The van der Waals surface area contributed by atoms with Gasteiger partial charge >= 0.3 is 0 Å². The molecule has 4 atom stereocenters. The molecule has 120 valence electrons. The van der Waals surface area contributed by atoms with E-state index in [-0.39, 0.29) is 26.4 Å². The zero-order chi connectivity index (χ0) is 15.7. The highest BCUT2D eigenvalue weighted by Crippen LogP contribution is 2.49. The molecule has 0 amide bonds. The molecule has 0 spiro atoms. The minimum atomic E-state index is -1.34. The van der Waals surface area contributed by atoms with Gasteiger partial charge < -0.3 is 29.2 Å². The normalized spacial score (nSPS) is 45.6. The van der Waals surface area contributed by atoms with Crippen molar-refractivity contribution in [1.82, 2.24) is 0 Å². The van der Waals surface area contributed by atoms with Crippen molar-refractivity contribution in [2.75, 3.05) is 40.6 Å². The summed E-state index contributed by atoms with van der Waals surface area (Å²) in [6.45, 7) is 7.47. The summed E-state index contributed by atoms with van der Waals surface area (Å²) in [6.07, 6.45) is 0. The van der Waals surface area contributed by atoms with Crippen molar-refractivity contribution >= 4 is 0 Å². The highest BCUT2D eigenvalue weighted by atomic mass is 16.6. The summed E-state index contributed by atoms with van der Waals surface area (Å²) in [5, 5.41) is 20.2. The van der Waals surface area contributed by atoms with Gasteiger partial charge in [-0.25, -0.2) is 0 Å². The summed E-state index contributed by atoms with van der Waals surface area (Å²) < 4.78 is 22.5. The van der Waals surface area contributed by atoms with Crippen molar-refractivity contribution in [2.45, 2.75) is 50.1 Å². The van der Waals surface area contributed by atoms with E-state index < -0.39 is 22.4 Å². The Kier molecular flexibility index (Phi) is 5.22. The predicted octanol–water partition coefficient (Wildman–Crippen LogP) is 0.345. The Morgan fingerprint density at radius 2 is 1.75 bits per heavy atom. The van der Waals surface area contributed by atoms with Gasteiger partial charge in [0.1, 0.15) is 22.4 Å². The highest BCUT2D eigenvalue weighted by molar-refractivity contribution is 5.18. The molecule has 0 aromatic rings. The van der Waals surface area contributed by atoms with E-state index in [9.17, 15) is 5.11 Å². The van der Waals surface area contributed by atoms with Gasteiger partial charge in [-0.3, -0.25) is 0 Å². The molecular weight excluding hydrogens is 264 g/mol. The first kappa shape index (κ1) is 17.8. The zero-order valence-corrected chi connectivity index (χ0v) is 13.4. The maximum absolute atomic E-state index is 11.1. The van der Waals surface area contributed by atoms with Gasteiger partial charge in [-0.1, -0.05) is 0 Å². The molecule has 0 aromatic heterocycles. The average Bonchev–Trinajstić information content (AvgIpc) is 2.40. The molecular formula is C14H28O6. The molecule has 1 unspecified atom stereocenters. The Morgan fingerprint density at radius 1 is 1.15 bits per heavy atom. The second-order valence-corrected chi connectivity index (χ2v) is 6.07. The van der Waals surface area contributed by atoms with Gasteiger partial charge in [0, 0.05) is 14.2 Å². The topological polar surface area (TPSA) is 77.4 Å². The van der Waals surface area contributed by atoms with E-state index in [1.54, 1.807) is 27.9 Å². The van der Waals surface area contributed by atoms with Gasteiger partial charge in [-0.15, -0.1) is 0 Å². The summed E-state index contributed by atoms with van der Waals surface area (Å²) in [6, 6.07) is 0. The molecule has 0 bridgehead atoms. The second kappa shape index (κ2) is 5.87. The molecule has 20 heavy (non-hydrogen) atoms. The lowest BCUT2D eigenvalue weighted by atomic mass is 9.64. The van der Waals surface area contributed by atoms with Gasteiger partial charge in [0.2, 0.25) is 0 Å². The van der Waals surface area contributed by atoms with Crippen LogP contribution in [0, 0.1) is 0 Å². The standard InChI is InChI=1S/C14H28O6/c1-11(18-6)10-20-12(2,9-17-5)14(4,13(11,3)16)19-8-7-15/h15-16H,7-10H2,1-6H3/t11-,12-,13-,14?/m1/s1. The Morgan fingerprint density at radius 3 is 2.20 bits per heavy atom. The summed E-state index contributed by atoms with van der Waals surface area (Å²) in [5.41, 5.74) is -4.24. The van der Waals surface area contributed by atoms with Crippen LogP contribution in [0.3, 0.4) is 0 Å². The lowest BCUT2D eigenvalue weighted by molar-refractivity contribution is -0.366. The lowest BCUT2D eigenvalue weighted by Crippen LogP contribution is -2.79. The van der Waals surface area contributed by atoms with Gasteiger partial charge in [0.05, 0.1) is 26.4 Å². The van der Waals surface area contributed by atoms with Crippen molar-refractivity contribution in [2.24, 2.45) is 0 Å². The molecule has 0 radical (unpaired) electrons. The quantitative estimate of drug-likeness (QED) is 0.735. The Hall–Kier alpha value is -0.240. The number of rotatable bonds is 6. The van der Waals surface area contributed by atoms with Crippen LogP contribution in [0.4, 0.5) is 0 Å². The smallest absolute Gasteiger partial charge is 0.127 e. The van der Waals surface area contributed by atoms with Crippen LogP contribution in [-0.2, 0) is 18.9 Å². The minimum Gasteiger partial charge on any atom is -0.394 e. The van der Waals surface area contributed by atoms with Crippen LogP contribution >= 0.6 is 0 Å². The number of hydrogen-bond donors (Lipinski definition) is 2. The third-order valence-electron chi connectivity index (χ3n) is 4.99. The van der Waals surface area contributed by atoms with Crippen molar-refractivity contribution in [3.63, 3.8) is 0 Å². The van der Waals surface area contributed by atoms with Crippen LogP contribution in [0.1, 0.15) is 27.7 Å². The van der Waals surface area contributed by atoms with E-state index in [1.165, 1.54) is 7.11 Å². The van der Waals surface area contributed by atoms with Gasteiger partial charge in [-0.2, -0.15) is 0 Å². The molecule has 6 heteroatoms. The minimum absolute atomic E-state index is 0.0924. The maximum Gasteiger partial charge on any atom is 0.127 e. The van der Waals surface area contributed by atoms with Crippen molar-refractivity contribution in [3.8, 4) is 0 Å². The van der Waals surface area contributed by atoms with E-state index in [0.29, 0.717) is 0 Å². The zero-order valence-electron chi connectivity index (χ0n) is 13.4. The van der Waals surface area contributed by atoms with Crippen molar-refractivity contribution in [1.29, 1.82) is 0 Å². The summed E-state index contributed by atoms with van der Waals surface area (Å²) >= 11 is 0. The first-order chi connectivity index (χ1) is 9.14. The summed E-state index contributed by atoms with van der Waals surface area (Å²) in [5.74, 6) is 0. The predicted molar refractivity (Wildman–Crippen MR) is 73.7 cm³/mol. The first-order valence-electron chi connectivity index (χ1n) is 6.79.